The van der Waals surface area contributed by atoms with Crippen LogP contribution < -0.4 is 4.90 Å². The highest BCUT2D eigenvalue weighted by molar-refractivity contribution is 5.98. The number of rotatable bonds is 3. The van der Waals surface area contributed by atoms with Crippen molar-refractivity contribution in [2.45, 2.75) is 19.8 Å². The standard InChI is InChI=1S/C13H16N2O3/c1-3-10-5-4-6-11(14-10)15-8-9(7-12(15)16)13(17)18-2/h4-6,9H,3,7-8H2,1-2H3. The van der Waals surface area contributed by atoms with Gasteiger partial charge < -0.3 is 4.74 Å². The highest BCUT2D eigenvalue weighted by Crippen LogP contribution is 2.24. The Labute approximate surface area is 106 Å². The second-order valence-electron chi connectivity index (χ2n) is 4.27. The Bertz CT molecular complexity index is 473. The molecule has 2 heterocycles. The van der Waals surface area contributed by atoms with Gasteiger partial charge in [-0.1, -0.05) is 13.0 Å². The molecule has 18 heavy (non-hydrogen) atoms. The number of anilines is 1. The Hall–Kier alpha value is -1.91. The third-order valence-electron chi connectivity index (χ3n) is 3.09. The van der Waals surface area contributed by atoms with E-state index < -0.39 is 0 Å². The first-order valence-corrected chi connectivity index (χ1v) is 5.99. The van der Waals surface area contributed by atoms with Gasteiger partial charge in [0, 0.05) is 18.7 Å². The Morgan fingerprint density at radius 2 is 2.33 bits per heavy atom. The zero-order valence-corrected chi connectivity index (χ0v) is 10.5. The van der Waals surface area contributed by atoms with Gasteiger partial charge in [0.05, 0.1) is 13.0 Å². The Morgan fingerprint density at radius 1 is 1.56 bits per heavy atom. The van der Waals surface area contributed by atoms with Gasteiger partial charge in [-0.2, -0.15) is 0 Å². The number of aryl methyl sites for hydroxylation is 1. The predicted molar refractivity (Wildman–Crippen MR) is 66.1 cm³/mol. The summed E-state index contributed by atoms with van der Waals surface area (Å²) < 4.78 is 4.67. The minimum absolute atomic E-state index is 0.0776. The Balaban J connectivity index is 2.18. The molecule has 1 atom stereocenters. The molecule has 1 saturated heterocycles. The molecule has 1 aromatic rings. The lowest BCUT2D eigenvalue weighted by atomic mass is 10.1. The lowest BCUT2D eigenvalue weighted by molar-refractivity contribution is -0.145. The van der Waals surface area contributed by atoms with E-state index in [1.807, 2.05) is 19.1 Å². The number of amides is 1. The fourth-order valence-electron chi connectivity index (χ4n) is 2.07. The SMILES string of the molecule is CCc1cccc(N2CC(C(=O)OC)CC2=O)n1. The molecule has 5 nitrogen and oxygen atoms in total. The number of carbonyl (C=O) groups is 2. The van der Waals surface area contributed by atoms with E-state index in [1.165, 1.54) is 7.11 Å². The fraction of sp³-hybridized carbons (Fsp3) is 0.462. The van der Waals surface area contributed by atoms with Gasteiger partial charge in [0.1, 0.15) is 5.82 Å². The Kier molecular flexibility index (Phi) is 3.60. The third-order valence-corrected chi connectivity index (χ3v) is 3.09. The second-order valence-corrected chi connectivity index (χ2v) is 4.27. The van der Waals surface area contributed by atoms with Crippen molar-refractivity contribution in [1.82, 2.24) is 4.98 Å². The van der Waals surface area contributed by atoms with E-state index in [9.17, 15) is 9.59 Å². The van der Waals surface area contributed by atoms with Crippen molar-refractivity contribution in [3.05, 3.63) is 23.9 Å². The van der Waals surface area contributed by atoms with Crippen LogP contribution in [0.4, 0.5) is 5.82 Å². The molecule has 0 aliphatic carbocycles. The molecule has 5 heteroatoms. The van der Waals surface area contributed by atoms with Crippen LogP contribution in [-0.2, 0) is 20.7 Å². The van der Waals surface area contributed by atoms with Crippen molar-refractivity contribution in [3.63, 3.8) is 0 Å². The molecule has 1 amide bonds. The molecule has 0 bridgehead atoms. The summed E-state index contributed by atoms with van der Waals surface area (Å²) in [6.45, 7) is 2.36. The van der Waals surface area contributed by atoms with Crippen LogP contribution in [0.2, 0.25) is 0 Å². The molecule has 0 radical (unpaired) electrons. The molecule has 1 aliphatic rings. The van der Waals surface area contributed by atoms with Gasteiger partial charge in [-0.25, -0.2) is 4.98 Å². The number of methoxy groups -OCH3 is 1. The van der Waals surface area contributed by atoms with E-state index in [1.54, 1.807) is 11.0 Å². The molecule has 0 N–H and O–H groups in total. The third kappa shape index (κ3) is 2.34. The van der Waals surface area contributed by atoms with Gasteiger partial charge in [-0.05, 0) is 18.6 Å². The van der Waals surface area contributed by atoms with Crippen LogP contribution in [0.25, 0.3) is 0 Å². The molecular weight excluding hydrogens is 232 g/mol. The van der Waals surface area contributed by atoms with Crippen molar-refractivity contribution in [3.8, 4) is 0 Å². The van der Waals surface area contributed by atoms with Gasteiger partial charge in [0.25, 0.3) is 0 Å². The summed E-state index contributed by atoms with van der Waals surface area (Å²) in [4.78, 5) is 29.3. The van der Waals surface area contributed by atoms with Crippen LogP contribution in [0.15, 0.2) is 18.2 Å². The van der Waals surface area contributed by atoms with Crippen molar-refractivity contribution in [1.29, 1.82) is 0 Å². The predicted octanol–water partition coefficient (Wildman–Crippen LogP) is 1.17. The van der Waals surface area contributed by atoms with E-state index in [2.05, 4.69) is 9.72 Å². The fourth-order valence-corrected chi connectivity index (χ4v) is 2.07. The average molecular weight is 248 g/mol. The number of esters is 1. The van der Waals surface area contributed by atoms with Gasteiger partial charge in [0.2, 0.25) is 5.91 Å². The first-order valence-electron chi connectivity index (χ1n) is 5.99. The largest absolute Gasteiger partial charge is 0.469 e. The molecule has 96 valence electrons. The normalized spacial score (nSPS) is 19.1. The van der Waals surface area contributed by atoms with Crippen LogP contribution in [0, 0.1) is 5.92 Å². The first kappa shape index (κ1) is 12.5. The van der Waals surface area contributed by atoms with Gasteiger partial charge in [-0.15, -0.1) is 0 Å². The smallest absolute Gasteiger partial charge is 0.311 e. The van der Waals surface area contributed by atoms with Crippen LogP contribution in [0.5, 0.6) is 0 Å². The molecule has 0 saturated carbocycles. The van der Waals surface area contributed by atoms with Crippen LogP contribution in [0.3, 0.4) is 0 Å². The molecule has 0 spiro atoms. The minimum atomic E-state index is -0.380. The number of ether oxygens (including phenoxy) is 1. The molecule has 1 unspecified atom stereocenters. The summed E-state index contributed by atoms with van der Waals surface area (Å²) in [5, 5.41) is 0. The summed E-state index contributed by atoms with van der Waals surface area (Å²) in [6.07, 6.45) is 1.01. The molecule has 1 aliphatic heterocycles. The molecule has 1 fully saturated rings. The summed E-state index contributed by atoms with van der Waals surface area (Å²) in [5.74, 6) is -0.177. The van der Waals surface area contributed by atoms with Crippen molar-refractivity contribution in [2.75, 3.05) is 18.6 Å². The van der Waals surface area contributed by atoms with Crippen molar-refractivity contribution in [2.24, 2.45) is 5.92 Å². The Morgan fingerprint density at radius 3 is 3.00 bits per heavy atom. The second kappa shape index (κ2) is 5.16. The number of hydrogen-bond donors (Lipinski definition) is 0. The number of aromatic nitrogens is 1. The lowest BCUT2D eigenvalue weighted by Gasteiger charge is -2.15. The number of nitrogens with zero attached hydrogens (tertiary/aromatic N) is 2. The molecule has 0 aromatic carbocycles. The molecule has 2 rings (SSSR count). The van der Waals surface area contributed by atoms with Crippen molar-refractivity contribution >= 4 is 17.7 Å². The van der Waals surface area contributed by atoms with E-state index in [-0.39, 0.29) is 24.2 Å². The quantitative estimate of drug-likeness (QED) is 0.753. The maximum absolute atomic E-state index is 11.9. The van der Waals surface area contributed by atoms with Crippen LogP contribution >= 0.6 is 0 Å². The average Bonchev–Trinajstić information content (AvgIpc) is 2.80. The first-order chi connectivity index (χ1) is 8.65. The van der Waals surface area contributed by atoms with Crippen molar-refractivity contribution < 1.29 is 14.3 Å². The van der Waals surface area contributed by atoms with E-state index in [0.717, 1.165) is 12.1 Å². The summed E-state index contributed by atoms with van der Waals surface area (Å²) in [6, 6.07) is 5.58. The van der Waals surface area contributed by atoms with Crippen LogP contribution in [-0.4, -0.2) is 30.5 Å². The van der Waals surface area contributed by atoms with E-state index in [0.29, 0.717) is 12.4 Å². The zero-order chi connectivity index (χ0) is 13.1. The van der Waals surface area contributed by atoms with Crippen LogP contribution in [0.1, 0.15) is 19.0 Å². The minimum Gasteiger partial charge on any atom is -0.469 e. The van der Waals surface area contributed by atoms with E-state index in [4.69, 9.17) is 0 Å². The topological polar surface area (TPSA) is 59.5 Å². The zero-order valence-electron chi connectivity index (χ0n) is 10.5. The number of carbonyl (C=O) groups excluding carboxylic acids is 2. The summed E-state index contributed by atoms with van der Waals surface area (Å²) in [5.41, 5.74) is 0.932. The van der Waals surface area contributed by atoms with Gasteiger partial charge in [0.15, 0.2) is 0 Å². The lowest BCUT2D eigenvalue weighted by Crippen LogP contribution is -2.27. The summed E-state index contributed by atoms with van der Waals surface area (Å²) >= 11 is 0. The number of hydrogen-bond acceptors (Lipinski definition) is 4. The monoisotopic (exact) mass is 248 g/mol. The summed E-state index contributed by atoms with van der Waals surface area (Å²) in [7, 11) is 1.34. The highest BCUT2D eigenvalue weighted by atomic mass is 16.5. The van der Waals surface area contributed by atoms with Gasteiger partial charge >= 0.3 is 5.97 Å². The van der Waals surface area contributed by atoms with E-state index >= 15 is 0 Å². The molecule has 1 aromatic heterocycles. The maximum atomic E-state index is 11.9. The molecular formula is C13H16N2O3. The number of pyridine rings is 1. The van der Waals surface area contributed by atoms with Gasteiger partial charge in [-0.3, -0.25) is 14.5 Å². The highest BCUT2D eigenvalue weighted by Gasteiger charge is 2.36. The maximum Gasteiger partial charge on any atom is 0.311 e.